The van der Waals surface area contributed by atoms with Crippen molar-refractivity contribution in [3.8, 4) is 5.88 Å². The summed E-state index contributed by atoms with van der Waals surface area (Å²) >= 11 is 0. The molecule has 1 N–H and O–H groups in total. The lowest BCUT2D eigenvalue weighted by Crippen LogP contribution is -2.20. The number of hydrogen-bond acceptors (Lipinski definition) is 4. The minimum atomic E-state index is -0.00871. The van der Waals surface area contributed by atoms with Gasteiger partial charge in [0.1, 0.15) is 6.10 Å². The maximum Gasteiger partial charge on any atom is 0.214 e. The van der Waals surface area contributed by atoms with E-state index in [1.807, 2.05) is 38.1 Å². The van der Waals surface area contributed by atoms with Crippen molar-refractivity contribution >= 4 is 10.9 Å². The van der Waals surface area contributed by atoms with Crippen molar-refractivity contribution in [1.82, 2.24) is 10.3 Å². The van der Waals surface area contributed by atoms with Crippen LogP contribution in [0, 0.1) is 0 Å². The van der Waals surface area contributed by atoms with Crippen LogP contribution in [0.3, 0.4) is 0 Å². The molecular weight excluding hydrogens is 264 g/mol. The van der Waals surface area contributed by atoms with Crippen LogP contribution in [-0.2, 0) is 11.3 Å². The lowest BCUT2D eigenvalue weighted by atomic mass is 10.1. The van der Waals surface area contributed by atoms with Gasteiger partial charge in [-0.25, -0.2) is 4.98 Å². The zero-order valence-corrected chi connectivity index (χ0v) is 13.1. The summed E-state index contributed by atoms with van der Waals surface area (Å²) in [6, 6.07) is 10.2. The molecule has 0 bridgehead atoms. The fourth-order valence-corrected chi connectivity index (χ4v) is 2.21. The molecular formula is C17H24N2O2. The maximum atomic E-state index is 5.88. The lowest BCUT2D eigenvalue weighted by Gasteiger charge is -2.16. The van der Waals surface area contributed by atoms with Gasteiger partial charge in [0, 0.05) is 24.6 Å². The lowest BCUT2D eigenvalue weighted by molar-refractivity contribution is 0.0635. The molecule has 4 heteroatoms. The van der Waals surface area contributed by atoms with E-state index in [4.69, 9.17) is 9.47 Å². The number of rotatable bonds is 8. The zero-order chi connectivity index (χ0) is 15.1. The quantitative estimate of drug-likeness (QED) is 0.810. The van der Waals surface area contributed by atoms with Crippen LogP contribution in [0.4, 0.5) is 0 Å². The van der Waals surface area contributed by atoms with Crippen LogP contribution in [-0.4, -0.2) is 30.8 Å². The summed E-state index contributed by atoms with van der Waals surface area (Å²) < 4.78 is 11.3. The molecule has 114 valence electrons. The van der Waals surface area contributed by atoms with Crippen LogP contribution in [0.25, 0.3) is 10.9 Å². The Morgan fingerprint density at radius 1 is 1.24 bits per heavy atom. The first-order chi connectivity index (χ1) is 10.2. The van der Waals surface area contributed by atoms with E-state index in [1.165, 1.54) is 10.9 Å². The second-order valence-corrected chi connectivity index (χ2v) is 5.01. The van der Waals surface area contributed by atoms with E-state index < -0.39 is 0 Å². The molecule has 0 spiro atoms. The van der Waals surface area contributed by atoms with Crippen LogP contribution in [0.1, 0.15) is 26.3 Å². The molecule has 0 saturated carbocycles. The van der Waals surface area contributed by atoms with Crippen LogP contribution in [0.5, 0.6) is 5.88 Å². The number of pyridine rings is 1. The minimum absolute atomic E-state index is 0.00871. The molecule has 0 fully saturated rings. The second kappa shape index (κ2) is 7.96. The van der Waals surface area contributed by atoms with E-state index in [0.29, 0.717) is 19.1 Å². The molecule has 1 unspecified atom stereocenters. The van der Waals surface area contributed by atoms with Crippen LogP contribution in [0.2, 0.25) is 0 Å². The number of hydrogen-bond donors (Lipinski definition) is 1. The number of ether oxygens (including phenoxy) is 2. The first-order valence-electron chi connectivity index (χ1n) is 7.58. The highest BCUT2D eigenvalue weighted by Gasteiger charge is 2.09. The molecule has 1 aromatic carbocycles. The van der Waals surface area contributed by atoms with Crippen molar-refractivity contribution < 1.29 is 9.47 Å². The van der Waals surface area contributed by atoms with Crippen molar-refractivity contribution in [3.05, 3.63) is 35.9 Å². The average Bonchev–Trinajstić information content (AvgIpc) is 2.50. The minimum Gasteiger partial charge on any atom is -0.472 e. The first kappa shape index (κ1) is 15.7. The van der Waals surface area contributed by atoms with Crippen LogP contribution < -0.4 is 10.1 Å². The molecule has 2 rings (SSSR count). The summed E-state index contributed by atoms with van der Waals surface area (Å²) in [4.78, 5) is 4.59. The number of aromatic nitrogens is 1. The summed E-state index contributed by atoms with van der Waals surface area (Å²) in [6.07, 6.45) is -0.00871. The predicted octanol–water partition coefficient (Wildman–Crippen LogP) is 3.15. The van der Waals surface area contributed by atoms with Crippen LogP contribution >= 0.6 is 0 Å². The Morgan fingerprint density at radius 2 is 2.05 bits per heavy atom. The summed E-state index contributed by atoms with van der Waals surface area (Å²) in [5, 5.41) is 4.53. The third-order valence-electron chi connectivity index (χ3n) is 3.22. The monoisotopic (exact) mass is 288 g/mol. The topological polar surface area (TPSA) is 43.4 Å². The standard InChI is InChI=1S/C17H24N2O2/c1-4-18-11-14-10-17(21-13(3)12-20-5-2)19-16-9-7-6-8-15(14)16/h6-10,13,18H,4-5,11-12H2,1-3H3. The summed E-state index contributed by atoms with van der Waals surface area (Å²) in [6.45, 7) is 9.11. The predicted molar refractivity (Wildman–Crippen MR) is 85.7 cm³/mol. The molecule has 21 heavy (non-hydrogen) atoms. The normalized spacial score (nSPS) is 12.5. The fourth-order valence-electron chi connectivity index (χ4n) is 2.21. The highest BCUT2D eigenvalue weighted by molar-refractivity contribution is 5.82. The summed E-state index contributed by atoms with van der Waals surface area (Å²) in [7, 11) is 0. The SMILES string of the molecule is CCNCc1cc(OC(C)COCC)nc2ccccc12. The Labute approximate surface area is 126 Å². The van der Waals surface area contributed by atoms with Crippen molar-refractivity contribution in [2.24, 2.45) is 0 Å². The number of fused-ring (bicyclic) bond motifs is 1. The van der Waals surface area contributed by atoms with Gasteiger partial charge in [-0.05, 0) is 32.0 Å². The smallest absolute Gasteiger partial charge is 0.214 e. The zero-order valence-electron chi connectivity index (χ0n) is 13.1. The highest BCUT2D eigenvalue weighted by Crippen LogP contribution is 2.22. The molecule has 4 nitrogen and oxygen atoms in total. The van der Waals surface area contributed by atoms with Gasteiger partial charge in [0.05, 0.1) is 12.1 Å². The molecule has 1 heterocycles. The highest BCUT2D eigenvalue weighted by atomic mass is 16.5. The first-order valence-corrected chi connectivity index (χ1v) is 7.58. The van der Waals surface area contributed by atoms with E-state index in [2.05, 4.69) is 23.3 Å². The van der Waals surface area contributed by atoms with E-state index in [9.17, 15) is 0 Å². The van der Waals surface area contributed by atoms with Gasteiger partial charge in [0.2, 0.25) is 5.88 Å². The van der Waals surface area contributed by atoms with Gasteiger partial charge in [0.15, 0.2) is 0 Å². The van der Waals surface area contributed by atoms with Crippen molar-refractivity contribution in [1.29, 1.82) is 0 Å². The van der Waals surface area contributed by atoms with Gasteiger partial charge in [-0.2, -0.15) is 0 Å². The maximum absolute atomic E-state index is 5.88. The van der Waals surface area contributed by atoms with Gasteiger partial charge >= 0.3 is 0 Å². The number of nitrogens with zero attached hydrogens (tertiary/aromatic N) is 1. The van der Waals surface area contributed by atoms with Crippen molar-refractivity contribution in [2.45, 2.75) is 33.4 Å². The Kier molecular flexibility index (Phi) is 5.96. The van der Waals surface area contributed by atoms with E-state index in [1.54, 1.807) is 0 Å². The van der Waals surface area contributed by atoms with Gasteiger partial charge in [0.25, 0.3) is 0 Å². The molecule has 2 aromatic rings. The van der Waals surface area contributed by atoms with Crippen LogP contribution in [0.15, 0.2) is 30.3 Å². The molecule has 0 aliphatic rings. The molecule has 0 radical (unpaired) electrons. The Bertz CT molecular complexity index is 572. The number of nitrogens with one attached hydrogen (secondary N) is 1. The summed E-state index contributed by atoms with van der Waals surface area (Å²) in [5.41, 5.74) is 2.17. The molecule has 0 aliphatic carbocycles. The second-order valence-electron chi connectivity index (χ2n) is 5.01. The van der Waals surface area contributed by atoms with E-state index >= 15 is 0 Å². The third-order valence-corrected chi connectivity index (χ3v) is 3.22. The van der Waals surface area contributed by atoms with Gasteiger partial charge in [-0.3, -0.25) is 0 Å². The fraction of sp³-hybridized carbons (Fsp3) is 0.471. The largest absolute Gasteiger partial charge is 0.472 e. The summed E-state index contributed by atoms with van der Waals surface area (Å²) in [5.74, 6) is 0.661. The van der Waals surface area contributed by atoms with E-state index in [-0.39, 0.29) is 6.10 Å². The Balaban J connectivity index is 2.23. The molecule has 1 aromatic heterocycles. The van der Waals surface area contributed by atoms with Gasteiger partial charge in [-0.15, -0.1) is 0 Å². The molecule has 0 amide bonds. The Morgan fingerprint density at radius 3 is 2.81 bits per heavy atom. The molecule has 0 saturated heterocycles. The Hall–Kier alpha value is -1.65. The van der Waals surface area contributed by atoms with Gasteiger partial charge in [-0.1, -0.05) is 25.1 Å². The van der Waals surface area contributed by atoms with Crippen molar-refractivity contribution in [2.75, 3.05) is 19.8 Å². The molecule has 1 atom stereocenters. The van der Waals surface area contributed by atoms with Crippen molar-refractivity contribution in [3.63, 3.8) is 0 Å². The van der Waals surface area contributed by atoms with E-state index in [0.717, 1.165) is 18.6 Å². The number of benzene rings is 1. The third kappa shape index (κ3) is 4.41. The number of para-hydroxylation sites is 1. The molecule has 0 aliphatic heterocycles. The van der Waals surface area contributed by atoms with Gasteiger partial charge < -0.3 is 14.8 Å². The average molecular weight is 288 g/mol.